The molecule has 0 aromatic heterocycles. The van der Waals surface area contributed by atoms with E-state index in [9.17, 15) is 0 Å². The Bertz CT molecular complexity index is 128. The highest BCUT2D eigenvalue weighted by Gasteiger charge is 2.27. The van der Waals surface area contributed by atoms with Gasteiger partial charge in [0, 0.05) is 4.75 Å². The molecule has 1 saturated heterocycles. The summed E-state index contributed by atoms with van der Waals surface area (Å²) in [6.45, 7) is 6.64. The first kappa shape index (κ1) is 8.98. The molecule has 1 unspecified atom stereocenters. The second-order valence-electron chi connectivity index (χ2n) is 3.23. The molecule has 0 aromatic carbocycles. The normalized spacial score (nSPS) is 31.4. The fraction of sp³-hybridized carbons (Fsp3) is 0.778. The molecule has 0 aromatic rings. The summed E-state index contributed by atoms with van der Waals surface area (Å²) in [5, 5.41) is 0. The third kappa shape index (κ3) is 2.78. The SMILES string of the molecule is C=COCC1(C)CCCCS1. The molecule has 1 atom stereocenters. The van der Waals surface area contributed by atoms with Gasteiger partial charge in [-0.1, -0.05) is 13.0 Å². The second-order valence-corrected chi connectivity index (χ2v) is 4.92. The zero-order valence-corrected chi connectivity index (χ0v) is 7.95. The zero-order valence-electron chi connectivity index (χ0n) is 7.14. The Morgan fingerprint density at radius 3 is 3.00 bits per heavy atom. The van der Waals surface area contributed by atoms with Crippen molar-refractivity contribution < 1.29 is 4.74 Å². The van der Waals surface area contributed by atoms with Crippen LogP contribution in [0.1, 0.15) is 26.2 Å². The van der Waals surface area contributed by atoms with Gasteiger partial charge in [-0.25, -0.2) is 0 Å². The van der Waals surface area contributed by atoms with E-state index in [4.69, 9.17) is 4.74 Å². The number of hydrogen-bond donors (Lipinski definition) is 0. The van der Waals surface area contributed by atoms with Gasteiger partial charge in [-0.05, 0) is 25.5 Å². The van der Waals surface area contributed by atoms with Gasteiger partial charge in [0.15, 0.2) is 0 Å². The maximum Gasteiger partial charge on any atom is 0.102 e. The first-order valence-corrected chi connectivity index (χ1v) is 5.12. The van der Waals surface area contributed by atoms with Crippen molar-refractivity contribution in [3.05, 3.63) is 12.8 Å². The van der Waals surface area contributed by atoms with Crippen molar-refractivity contribution in [3.63, 3.8) is 0 Å². The third-order valence-electron chi connectivity index (χ3n) is 2.06. The molecule has 1 fully saturated rings. The quantitative estimate of drug-likeness (QED) is 0.605. The predicted molar refractivity (Wildman–Crippen MR) is 50.9 cm³/mol. The van der Waals surface area contributed by atoms with E-state index in [2.05, 4.69) is 13.5 Å². The fourth-order valence-corrected chi connectivity index (χ4v) is 2.62. The van der Waals surface area contributed by atoms with Crippen LogP contribution in [0.25, 0.3) is 0 Å². The molecule has 0 saturated carbocycles. The van der Waals surface area contributed by atoms with Crippen molar-refractivity contribution in [2.75, 3.05) is 12.4 Å². The average Bonchev–Trinajstić information content (AvgIpc) is 2.03. The van der Waals surface area contributed by atoms with Gasteiger partial charge in [0.05, 0.1) is 6.26 Å². The van der Waals surface area contributed by atoms with E-state index in [0.717, 1.165) is 6.61 Å². The highest BCUT2D eigenvalue weighted by Crippen LogP contribution is 2.36. The Morgan fingerprint density at radius 2 is 2.45 bits per heavy atom. The van der Waals surface area contributed by atoms with Crippen LogP contribution in [0.4, 0.5) is 0 Å². The molecule has 0 bridgehead atoms. The van der Waals surface area contributed by atoms with Gasteiger partial charge >= 0.3 is 0 Å². The Morgan fingerprint density at radius 1 is 1.64 bits per heavy atom. The Kier molecular flexibility index (Phi) is 3.31. The minimum absolute atomic E-state index is 0.354. The molecule has 0 N–H and O–H groups in total. The van der Waals surface area contributed by atoms with Crippen LogP contribution in [0.2, 0.25) is 0 Å². The minimum Gasteiger partial charge on any atom is -0.500 e. The van der Waals surface area contributed by atoms with Gasteiger partial charge in [0.1, 0.15) is 6.61 Å². The van der Waals surface area contributed by atoms with Crippen LogP contribution in [-0.4, -0.2) is 17.1 Å². The van der Waals surface area contributed by atoms with Crippen LogP contribution in [0.15, 0.2) is 12.8 Å². The zero-order chi connectivity index (χ0) is 8.16. The molecule has 2 heteroatoms. The van der Waals surface area contributed by atoms with Crippen LogP contribution in [0.5, 0.6) is 0 Å². The lowest BCUT2D eigenvalue weighted by Crippen LogP contribution is -2.29. The van der Waals surface area contributed by atoms with Gasteiger partial charge in [-0.3, -0.25) is 0 Å². The maximum absolute atomic E-state index is 5.22. The highest BCUT2D eigenvalue weighted by molar-refractivity contribution is 8.00. The average molecular weight is 172 g/mol. The lowest BCUT2D eigenvalue weighted by atomic mass is 10.0. The molecule has 0 aliphatic carbocycles. The maximum atomic E-state index is 5.22. The predicted octanol–water partition coefficient (Wildman–Crippen LogP) is 2.82. The summed E-state index contributed by atoms with van der Waals surface area (Å²) < 4.78 is 5.57. The summed E-state index contributed by atoms with van der Waals surface area (Å²) in [4.78, 5) is 0. The summed E-state index contributed by atoms with van der Waals surface area (Å²) >= 11 is 2.03. The van der Waals surface area contributed by atoms with Crippen LogP contribution in [0.3, 0.4) is 0 Å². The van der Waals surface area contributed by atoms with E-state index in [1.54, 1.807) is 6.26 Å². The number of hydrogen-bond acceptors (Lipinski definition) is 2. The van der Waals surface area contributed by atoms with Crippen LogP contribution in [0, 0.1) is 0 Å². The molecular weight excluding hydrogens is 156 g/mol. The minimum atomic E-state index is 0.354. The highest BCUT2D eigenvalue weighted by atomic mass is 32.2. The standard InChI is InChI=1S/C9H16OS/c1-3-10-8-9(2)6-4-5-7-11-9/h3H,1,4-8H2,2H3. The number of rotatable bonds is 3. The summed E-state index contributed by atoms with van der Waals surface area (Å²) in [6, 6.07) is 0. The van der Waals surface area contributed by atoms with E-state index in [-0.39, 0.29) is 0 Å². The van der Waals surface area contributed by atoms with E-state index >= 15 is 0 Å². The van der Waals surface area contributed by atoms with Gasteiger partial charge in [-0.2, -0.15) is 11.8 Å². The molecule has 1 rings (SSSR count). The molecular formula is C9H16OS. The van der Waals surface area contributed by atoms with Crippen LogP contribution >= 0.6 is 11.8 Å². The van der Waals surface area contributed by atoms with Crippen molar-refractivity contribution in [2.24, 2.45) is 0 Å². The van der Waals surface area contributed by atoms with Crippen molar-refractivity contribution in [3.8, 4) is 0 Å². The van der Waals surface area contributed by atoms with E-state index in [1.807, 2.05) is 11.8 Å². The monoisotopic (exact) mass is 172 g/mol. The lowest BCUT2D eigenvalue weighted by molar-refractivity contribution is 0.211. The molecule has 1 aliphatic heterocycles. The number of ether oxygens (including phenoxy) is 1. The topological polar surface area (TPSA) is 9.23 Å². The summed E-state index contributed by atoms with van der Waals surface area (Å²) in [5.41, 5.74) is 0. The number of thioether (sulfide) groups is 1. The van der Waals surface area contributed by atoms with Gasteiger partial charge in [0.2, 0.25) is 0 Å². The second kappa shape index (κ2) is 4.05. The van der Waals surface area contributed by atoms with Crippen LogP contribution < -0.4 is 0 Å². The molecule has 0 amide bonds. The molecule has 0 spiro atoms. The summed E-state index contributed by atoms with van der Waals surface area (Å²) in [7, 11) is 0. The summed E-state index contributed by atoms with van der Waals surface area (Å²) in [5.74, 6) is 1.29. The Hall–Kier alpha value is -0.110. The third-order valence-corrected chi connectivity index (χ3v) is 3.57. The molecule has 0 radical (unpaired) electrons. The van der Waals surface area contributed by atoms with Crippen molar-refractivity contribution in [1.82, 2.24) is 0 Å². The Balaban J connectivity index is 2.30. The molecule has 1 aliphatic rings. The van der Waals surface area contributed by atoms with E-state index in [1.165, 1.54) is 25.0 Å². The van der Waals surface area contributed by atoms with Gasteiger partial charge < -0.3 is 4.74 Å². The van der Waals surface area contributed by atoms with Crippen molar-refractivity contribution >= 4 is 11.8 Å². The molecule has 1 heterocycles. The van der Waals surface area contributed by atoms with E-state index < -0.39 is 0 Å². The lowest BCUT2D eigenvalue weighted by Gasteiger charge is -2.31. The fourth-order valence-electron chi connectivity index (χ4n) is 1.34. The molecule has 1 nitrogen and oxygen atoms in total. The van der Waals surface area contributed by atoms with Gasteiger partial charge in [0.25, 0.3) is 0 Å². The van der Waals surface area contributed by atoms with E-state index in [0.29, 0.717) is 4.75 Å². The molecule has 64 valence electrons. The smallest absolute Gasteiger partial charge is 0.102 e. The Labute approximate surface area is 73.2 Å². The summed E-state index contributed by atoms with van der Waals surface area (Å²) in [6.07, 6.45) is 5.55. The van der Waals surface area contributed by atoms with Crippen LogP contribution in [-0.2, 0) is 4.74 Å². The largest absolute Gasteiger partial charge is 0.500 e. The first-order valence-electron chi connectivity index (χ1n) is 4.13. The first-order chi connectivity index (χ1) is 5.27. The van der Waals surface area contributed by atoms with Crippen molar-refractivity contribution in [1.29, 1.82) is 0 Å². The molecule has 11 heavy (non-hydrogen) atoms. The van der Waals surface area contributed by atoms with Crippen molar-refractivity contribution in [2.45, 2.75) is 30.9 Å². The van der Waals surface area contributed by atoms with Gasteiger partial charge in [-0.15, -0.1) is 0 Å².